The van der Waals surface area contributed by atoms with E-state index in [-0.39, 0.29) is 29.0 Å². The van der Waals surface area contributed by atoms with Gasteiger partial charge in [0.15, 0.2) is 0 Å². The number of hydrogen-bond donors (Lipinski definition) is 0. The van der Waals surface area contributed by atoms with Crippen LogP contribution in [0.4, 0.5) is 0 Å². The number of halogens is 2. The first kappa shape index (κ1) is 24.2. The summed E-state index contributed by atoms with van der Waals surface area (Å²) in [6, 6.07) is 0. The van der Waals surface area contributed by atoms with Crippen molar-refractivity contribution in [1.82, 2.24) is 0 Å². The number of rotatable bonds is 8. The predicted molar refractivity (Wildman–Crippen MR) is 103 cm³/mol. The third-order valence-electron chi connectivity index (χ3n) is 3.90. The molecule has 0 saturated heterocycles. The van der Waals surface area contributed by atoms with Crippen LogP contribution in [0.2, 0.25) is 0 Å². The molecule has 0 radical (unpaired) electrons. The molecule has 0 unspecified atom stereocenters. The van der Waals surface area contributed by atoms with Crippen molar-refractivity contribution in [2.45, 2.75) is 84.4 Å². The first-order valence-corrected chi connectivity index (χ1v) is 14.5. The van der Waals surface area contributed by atoms with Crippen molar-refractivity contribution in [2.75, 3.05) is 12.3 Å². The van der Waals surface area contributed by atoms with E-state index in [0.717, 1.165) is 22.6 Å². The van der Waals surface area contributed by atoms with E-state index in [1.54, 1.807) is 12.3 Å². The van der Waals surface area contributed by atoms with Crippen molar-refractivity contribution in [1.29, 1.82) is 0 Å². The molecule has 0 nitrogen and oxygen atoms in total. The molecule has 0 aromatic carbocycles. The SMILES string of the molecule is CC(C)[PH+](CCC[PH+](C(C)C)C(C)C)C(C)C.[Cl][Fe][Cl]. The zero-order valence-corrected chi connectivity index (χ0v) is 19.2. The van der Waals surface area contributed by atoms with Gasteiger partial charge in [-0.25, -0.2) is 0 Å². The van der Waals surface area contributed by atoms with E-state index in [0.29, 0.717) is 0 Å². The molecular formula is C15H36Cl2FeP2+2. The van der Waals surface area contributed by atoms with Crippen molar-refractivity contribution in [3.8, 4) is 0 Å². The van der Waals surface area contributed by atoms with Crippen LogP contribution < -0.4 is 0 Å². The van der Waals surface area contributed by atoms with E-state index < -0.39 is 0 Å². The quantitative estimate of drug-likeness (QED) is 0.307. The van der Waals surface area contributed by atoms with Gasteiger partial charge in [-0.15, -0.1) is 0 Å². The second-order valence-corrected chi connectivity index (χ2v) is 16.4. The average molecular weight is 405 g/mol. The summed E-state index contributed by atoms with van der Waals surface area (Å²) in [5, 5.41) is 0. The van der Waals surface area contributed by atoms with Crippen LogP contribution in [0.1, 0.15) is 61.8 Å². The molecule has 0 bridgehead atoms. The Balaban J connectivity index is 0. The molecule has 0 spiro atoms. The van der Waals surface area contributed by atoms with Crippen molar-refractivity contribution in [2.24, 2.45) is 0 Å². The van der Waals surface area contributed by atoms with Gasteiger partial charge in [-0.05, 0) is 55.4 Å². The molecule has 0 aliphatic heterocycles. The average Bonchev–Trinajstić information content (AvgIpc) is 2.27. The van der Waals surface area contributed by atoms with E-state index in [4.69, 9.17) is 20.2 Å². The third kappa shape index (κ3) is 12.5. The molecule has 0 heterocycles. The van der Waals surface area contributed by atoms with Crippen LogP contribution in [0.5, 0.6) is 0 Å². The van der Waals surface area contributed by atoms with Gasteiger partial charge in [0, 0.05) is 22.3 Å². The fourth-order valence-corrected chi connectivity index (χ4v) is 9.48. The van der Waals surface area contributed by atoms with E-state index >= 15 is 0 Å². The first-order chi connectivity index (χ1) is 9.18. The fraction of sp³-hybridized carbons (Fsp3) is 1.00. The Bertz CT molecular complexity index is 176. The van der Waals surface area contributed by atoms with Crippen LogP contribution in [0.15, 0.2) is 0 Å². The molecule has 0 fully saturated rings. The summed E-state index contributed by atoms with van der Waals surface area (Å²) in [6.07, 6.45) is 4.61. The van der Waals surface area contributed by atoms with Crippen LogP contribution in [-0.2, 0) is 13.1 Å². The molecule has 0 saturated carbocycles. The molecule has 5 heteroatoms. The molecular weight excluding hydrogens is 369 g/mol. The van der Waals surface area contributed by atoms with Crippen molar-refractivity contribution in [3.63, 3.8) is 0 Å². The van der Waals surface area contributed by atoms with Gasteiger partial charge in [0.1, 0.15) is 0 Å². The Morgan fingerprint density at radius 2 is 0.850 bits per heavy atom. The molecule has 0 rings (SSSR count). The van der Waals surface area contributed by atoms with Gasteiger partial charge in [0.05, 0.1) is 35.0 Å². The van der Waals surface area contributed by atoms with Crippen LogP contribution in [0, 0.1) is 0 Å². The minimum absolute atomic E-state index is 0.109. The van der Waals surface area contributed by atoms with Crippen molar-refractivity contribution < 1.29 is 13.1 Å². The maximum atomic E-state index is 4.76. The second kappa shape index (κ2) is 14.5. The topological polar surface area (TPSA) is 0 Å². The van der Waals surface area contributed by atoms with Crippen LogP contribution in [-0.4, -0.2) is 35.0 Å². The minimum atomic E-state index is -0.109. The van der Waals surface area contributed by atoms with Gasteiger partial charge in [-0.1, -0.05) is 0 Å². The van der Waals surface area contributed by atoms with Gasteiger partial charge >= 0.3 is 33.3 Å². The Kier molecular flexibility index (Phi) is 17.6. The summed E-state index contributed by atoms with van der Waals surface area (Å²) >= 11 is 0.194. The Morgan fingerprint density at radius 3 is 1.00 bits per heavy atom. The summed E-state index contributed by atoms with van der Waals surface area (Å²) in [5.41, 5.74) is 3.81. The molecule has 20 heavy (non-hydrogen) atoms. The molecule has 0 amide bonds. The van der Waals surface area contributed by atoms with Gasteiger partial charge < -0.3 is 0 Å². The summed E-state index contributed by atoms with van der Waals surface area (Å²) in [6.45, 7) is 19.5. The van der Waals surface area contributed by atoms with E-state index in [1.165, 1.54) is 6.42 Å². The van der Waals surface area contributed by atoms with E-state index in [2.05, 4.69) is 55.4 Å². The Labute approximate surface area is 145 Å². The van der Waals surface area contributed by atoms with Crippen LogP contribution in [0.25, 0.3) is 0 Å². The van der Waals surface area contributed by atoms with Crippen LogP contribution >= 0.6 is 36.0 Å². The zero-order chi connectivity index (χ0) is 16.3. The van der Waals surface area contributed by atoms with Crippen molar-refractivity contribution in [3.05, 3.63) is 0 Å². The summed E-state index contributed by atoms with van der Waals surface area (Å²) in [5.74, 6) is 0. The molecule has 0 aliphatic carbocycles. The summed E-state index contributed by atoms with van der Waals surface area (Å²) in [4.78, 5) is 0. The molecule has 0 aliphatic rings. The van der Waals surface area contributed by atoms with Gasteiger partial charge in [-0.2, -0.15) is 0 Å². The molecule has 0 atom stereocenters. The Morgan fingerprint density at radius 1 is 0.650 bits per heavy atom. The second-order valence-electron chi connectivity index (χ2n) is 6.67. The van der Waals surface area contributed by atoms with Gasteiger partial charge in [-0.3, -0.25) is 0 Å². The molecule has 0 aromatic heterocycles. The van der Waals surface area contributed by atoms with E-state index in [9.17, 15) is 0 Å². The first-order valence-electron chi connectivity index (χ1n) is 7.75. The van der Waals surface area contributed by atoms with Crippen LogP contribution in [0.3, 0.4) is 0 Å². The third-order valence-corrected chi connectivity index (χ3v) is 11.7. The van der Waals surface area contributed by atoms with Gasteiger partial charge in [0.25, 0.3) is 0 Å². The molecule has 0 aromatic rings. The Hall–Kier alpha value is 1.96. The normalized spacial score (nSPS) is 12.2. The summed E-state index contributed by atoms with van der Waals surface area (Å²) < 4.78 is 0. The fourth-order valence-electron chi connectivity index (χ4n) is 2.98. The van der Waals surface area contributed by atoms with Crippen molar-refractivity contribution >= 4 is 36.0 Å². The number of hydrogen-bond acceptors (Lipinski definition) is 0. The standard InChI is InChI=1S/C15H34P2.2ClH.Fe/c1-12(2)16(13(3)4)10-9-11-17(14(5)6)15(7)8;;;/h12-15H,9-11H2,1-8H3;2*1H;/q;;;+2. The van der Waals surface area contributed by atoms with E-state index in [1.807, 2.05) is 0 Å². The molecule has 126 valence electrons. The van der Waals surface area contributed by atoms with Gasteiger partial charge in [0.2, 0.25) is 0 Å². The predicted octanol–water partition coefficient (Wildman–Crippen LogP) is 6.82. The summed E-state index contributed by atoms with van der Waals surface area (Å²) in [7, 11) is 9.31. The molecule has 0 N–H and O–H groups in total. The monoisotopic (exact) mass is 404 g/mol. The maximum absolute atomic E-state index is 4.76. The zero-order valence-electron chi connectivity index (χ0n) is 14.5.